The average Bonchev–Trinajstić information content (AvgIpc) is 2.70. The molecule has 0 fully saturated rings. The summed E-state index contributed by atoms with van der Waals surface area (Å²) in [5.74, 6) is -0.0133. The largest absolute Gasteiger partial charge is 0.382 e. The molecule has 0 aliphatic heterocycles. The minimum Gasteiger partial charge on any atom is -0.382 e. The number of unbranched alkanes of at least 4 members (excludes halogenated alkanes) is 1. The van der Waals surface area contributed by atoms with E-state index in [0.717, 1.165) is 6.54 Å². The molecule has 0 rings (SSSR count). The lowest BCUT2D eigenvalue weighted by atomic mass is 10.3. The number of rotatable bonds is 15. The van der Waals surface area contributed by atoms with Crippen LogP contribution in [-0.4, -0.2) is 78.3 Å². The number of aldehydes is 1. The monoisotopic (exact) mass is 392 g/mol. The summed E-state index contributed by atoms with van der Waals surface area (Å²) in [7, 11) is 3.44. The van der Waals surface area contributed by atoms with E-state index < -0.39 is 0 Å². The molecule has 0 spiro atoms. The van der Waals surface area contributed by atoms with Crippen LogP contribution in [0.5, 0.6) is 0 Å². The van der Waals surface area contributed by atoms with E-state index in [2.05, 4.69) is 24.5 Å². The molecule has 0 bridgehead atoms. The Labute approximate surface area is 164 Å². The number of methoxy groups -OCH3 is 1. The van der Waals surface area contributed by atoms with Gasteiger partial charge in [0.15, 0.2) is 5.78 Å². The molecule has 0 aliphatic rings. The first-order chi connectivity index (χ1) is 13.0. The highest BCUT2D eigenvalue weighted by atomic mass is 16.5. The smallest absolute Gasteiger partial charge is 0.222 e. The molecular weight excluding hydrogens is 352 g/mol. The van der Waals surface area contributed by atoms with Gasteiger partial charge in [0.25, 0.3) is 0 Å². The topological polar surface area (TPSA) is 103 Å². The van der Waals surface area contributed by atoms with Gasteiger partial charge in [0.2, 0.25) is 5.91 Å². The first kappa shape index (κ1) is 30.4. The van der Waals surface area contributed by atoms with Crippen LogP contribution in [0.2, 0.25) is 0 Å². The van der Waals surface area contributed by atoms with E-state index in [4.69, 9.17) is 14.2 Å². The van der Waals surface area contributed by atoms with Crippen LogP contribution in [0.3, 0.4) is 0 Å². The van der Waals surface area contributed by atoms with Crippen LogP contribution in [0, 0.1) is 0 Å². The van der Waals surface area contributed by atoms with Gasteiger partial charge < -0.3 is 29.6 Å². The molecular formula is C19H40N2O6. The van der Waals surface area contributed by atoms with Crippen molar-refractivity contribution in [1.29, 1.82) is 0 Å². The maximum Gasteiger partial charge on any atom is 0.222 e. The molecule has 0 saturated carbocycles. The molecule has 27 heavy (non-hydrogen) atoms. The molecule has 162 valence electrons. The normalized spacial score (nSPS) is 9.37. The fraction of sp³-hybridized carbons (Fsp3) is 0.842. The zero-order valence-electron chi connectivity index (χ0n) is 17.8. The Morgan fingerprint density at radius 1 is 0.963 bits per heavy atom. The van der Waals surface area contributed by atoms with Crippen molar-refractivity contribution < 1.29 is 28.6 Å². The van der Waals surface area contributed by atoms with Crippen molar-refractivity contribution in [3.63, 3.8) is 0 Å². The quantitative estimate of drug-likeness (QED) is 0.320. The minimum atomic E-state index is -0.176. The van der Waals surface area contributed by atoms with E-state index in [1.54, 1.807) is 7.11 Å². The highest BCUT2D eigenvalue weighted by molar-refractivity contribution is 5.79. The highest BCUT2D eigenvalue weighted by Crippen LogP contribution is 1.83. The molecule has 0 heterocycles. The van der Waals surface area contributed by atoms with Gasteiger partial charge >= 0.3 is 0 Å². The second kappa shape index (κ2) is 29.4. The van der Waals surface area contributed by atoms with Crippen LogP contribution >= 0.6 is 0 Å². The summed E-state index contributed by atoms with van der Waals surface area (Å²) >= 11 is 0. The number of ketones is 1. The second-order valence-corrected chi connectivity index (χ2v) is 5.37. The predicted molar refractivity (Wildman–Crippen MR) is 107 cm³/mol. The van der Waals surface area contributed by atoms with Crippen LogP contribution in [0.4, 0.5) is 0 Å². The van der Waals surface area contributed by atoms with E-state index in [-0.39, 0.29) is 31.3 Å². The summed E-state index contributed by atoms with van der Waals surface area (Å²) in [5, 5.41) is 5.33. The molecule has 0 aromatic rings. The first-order valence-corrected chi connectivity index (χ1v) is 9.54. The Balaban J connectivity index is -0.000000364. The number of amides is 1. The summed E-state index contributed by atoms with van der Waals surface area (Å²) in [5.41, 5.74) is 0. The van der Waals surface area contributed by atoms with Crippen LogP contribution in [0.25, 0.3) is 0 Å². The van der Waals surface area contributed by atoms with Crippen molar-refractivity contribution in [2.24, 2.45) is 0 Å². The molecule has 8 nitrogen and oxygen atoms in total. The lowest BCUT2D eigenvalue weighted by Crippen LogP contribution is -2.26. The third-order valence-corrected chi connectivity index (χ3v) is 2.94. The number of likely N-dealkylation sites (N-methyl/N-ethyl adjacent to an activating group) is 1. The van der Waals surface area contributed by atoms with Gasteiger partial charge in [0.1, 0.15) is 12.9 Å². The Hall–Kier alpha value is -1.35. The maximum atomic E-state index is 10.9. The average molecular weight is 393 g/mol. The second-order valence-electron chi connectivity index (χ2n) is 5.37. The van der Waals surface area contributed by atoms with Gasteiger partial charge in [0, 0.05) is 26.5 Å². The van der Waals surface area contributed by atoms with Crippen molar-refractivity contribution in [1.82, 2.24) is 10.6 Å². The molecule has 0 aliphatic carbocycles. The molecule has 1 amide bonds. The van der Waals surface area contributed by atoms with Gasteiger partial charge in [-0.25, -0.2) is 0 Å². The predicted octanol–water partition coefficient (Wildman–Crippen LogP) is 1.36. The minimum absolute atomic E-state index is 0.0664. The van der Waals surface area contributed by atoms with Gasteiger partial charge in [0.05, 0.1) is 33.0 Å². The number of carbonyl (C=O) groups is 3. The molecule has 0 unspecified atom stereocenters. The number of hydrogen-bond donors (Lipinski definition) is 2. The zero-order valence-corrected chi connectivity index (χ0v) is 17.8. The van der Waals surface area contributed by atoms with E-state index in [9.17, 15) is 14.4 Å². The van der Waals surface area contributed by atoms with Crippen molar-refractivity contribution in [3.8, 4) is 0 Å². The van der Waals surface area contributed by atoms with Crippen LogP contribution < -0.4 is 10.6 Å². The van der Waals surface area contributed by atoms with Gasteiger partial charge in [-0.1, -0.05) is 33.6 Å². The molecule has 2 N–H and O–H groups in total. The van der Waals surface area contributed by atoms with E-state index in [0.29, 0.717) is 39.1 Å². The number of Topliss-reactive ketones (excluding diaryl/α,β-unsaturated/α-hetero) is 1. The van der Waals surface area contributed by atoms with Crippen molar-refractivity contribution in [2.45, 2.75) is 46.5 Å². The molecule has 8 heteroatoms. The van der Waals surface area contributed by atoms with Crippen molar-refractivity contribution in [2.75, 3.05) is 60.3 Å². The van der Waals surface area contributed by atoms with E-state index >= 15 is 0 Å². The zero-order chi connectivity index (χ0) is 21.2. The SMILES string of the molecule is CCC(=O)COCCNC.CCCC.COCCOCCC(=O)NCC=O. The van der Waals surface area contributed by atoms with E-state index in [1.807, 2.05) is 14.0 Å². The highest BCUT2D eigenvalue weighted by Gasteiger charge is 1.98. The number of ether oxygens (including phenoxy) is 3. The molecule has 0 radical (unpaired) electrons. The molecule has 0 aromatic heterocycles. The molecule has 0 atom stereocenters. The van der Waals surface area contributed by atoms with Gasteiger partial charge in [-0.3, -0.25) is 9.59 Å². The number of carbonyl (C=O) groups excluding carboxylic acids is 3. The fourth-order valence-electron chi connectivity index (χ4n) is 1.12. The van der Waals surface area contributed by atoms with Crippen LogP contribution in [0.15, 0.2) is 0 Å². The summed E-state index contributed by atoms with van der Waals surface area (Å²) in [6, 6.07) is 0. The Morgan fingerprint density at radius 3 is 2.11 bits per heavy atom. The number of nitrogens with one attached hydrogen (secondary N) is 2. The Bertz CT molecular complexity index is 325. The Morgan fingerprint density at radius 2 is 1.63 bits per heavy atom. The lowest BCUT2D eigenvalue weighted by Gasteiger charge is -2.02. The number of hydrogen-bond acceptors (Lipinski definition) is 7. The molecule has 0 aromatic carbocycles. The summed E-state index contributed by atoms with van der Waals surface area (Å²) < 4.78 is 14.8. The third kappa shape index (κ3) is 36.4. The summed E-state index contributed by atoms with van der Waals surface area (Å²) in [6.07, 6.45) is 4.13. The Kier molecular flexibility index (Phi) is 33.1. The van der Waals surface area contributed by atoms with Gasteiger partial charge in [-0.2, -0.15) is 0 Å². The maximum absolute atomic E-state index is 10.9. The summed E-state index contributed by atoms with van der Waals surface area (Å²) in [6.45, 7) is 9.31. The van der Waals surface area contributed by atoms with Crippen molar-refractivity contribution >= 4 is 18.0 Å². The summed E-state index contributed by atoms with van der Waals surface area (Å²) in [4.78, 5) is 31.3. The van der Waals surface area contributed by atoms with Crippen LogP contribution in [-0.2, 0) is 28.6 Å². The van der Waals surface area contributed by atoms with Gasteiger partial charge in [-0.05, 0) is 7.05 Å². The fourth-order valence-corrected chi connectivity index (χ4v) is 1.12. The standard InChI is InChI=1S/C8H15NO4.C7H15NO2.C4H10/c1-12-6-7-13-5-2-8(11)9-3-4-10;1-3-7(9)6-10-5-4-8-2;1-3-4-2/h4H,2-3,5-7H2,1H3,(H,9,11);8H,3-6H2,1-2H3;3-4H2,1-2H3. The van der Waals surface area contributed by atoms with Crippen molar-refractivity contribution in [3.05, 3.63) is 0 Å². The van der Waals surface area contributed by atoms with E-state index in [1.165, 1.54) is 12.8 Å². The lowest BCUT2D eigenvalue weighted by molar-refractivity contribution is -0.124. The van der Waals surface area contributed by atoms with Crippen LogP contribution in [0.1, 0.15) is 46.5 Å². The molecule has 0 saturated heterocycles. The first-order valence-electron chi connectivity index (χ1n) is 9.54. The third-order valence-electron chi connectivity index (χ3n) is 2.94. The van der Waals surface area contributed by atoms with Gasteiger partial charge in [-0.15, -0.1) is 0 Å².